The average molecular weight is 249 g/mol. The number of amides is 1. The van der Waals surface area contributed by atoms with Crippen molar-refractivity contribution in [3.05, 3.63) is 23.8 Å². The van der Waals surface area contributed by atoms with Gasteiger partial charge in [-0.3, -0.25) is 4.79 Å². The standard InChI is InChI=1S/C13H15NO2S/c15-13-5-9(8-17)7-14(13)11-1-2-12-10(6-11)3-4-16-12/h1-2,6,9,17H,3-5,7-8H2. The van der Waals surface area contributed by atoms with Crippen LogP contribution in [0, 0.1) is 5.92 Å². The second kappa shape index (κ2) is 4.26. The number of anilines is 1. The Morgan fingerprint density at radius 1 is 1.47 bits per heavy atom. The number of hydrogen-bond donors (Lipinski definition) is 1. The number of hydrogen-bond acceptors (Lipinski definition) is 3. The highest BCUT2D eigenvalue weighted by Crippen LogP contribution is 2.32. The van der Waals surface area contributed by atoms with Crippen LogP contribution in [0.15, 0.2) is 18.2 Å². The molecule has 1 aromatic carbocycles. The van der Waals surface area contributed by atoms with Gasteiger partial charge in [0.1, 0.15) is 5.75 Å². The first-order valence-electron chi connectivity index (χ1n) is 5.95. The quantitative estimate of drug-likeness (QED) is 0.811. The van der Waals surface area contributed by atoms with Crippen LogP contribution < -0.4 is 9.64 Å². The van der Waals surface area contributed by atoms with E-state index in [-0.39, 0.29) is 5.91 Å². The molecule has 17 heavy (non-hydrogen) atoms. The van der Waals surface area contributed by atoms with E-state index in [1.807, 2.05) is 17.0 Å². The molecule has 2 aliphatic rings. The van der Waals surface area contributed by atoms with Gasteiger partial charge in [-0.1, -0.05) is 0 Å². The molecule has 0 bridgehead atoms. The summed E-state index contributed by atoms with van der Waals surface area (Å²) in [5.74, 6) is 2.33. The van der Waals surface area contributed by atoms with Gasteiger partial charge in [-0.05, 0) is 35.4 Å². The van der Waals surface area contributed by atoms with Gasteiger partial charge in [0.05, 0.1) is 6.61 Å². The number of carbonyl (C=O) groups is 1. The van der Waals surface area contributed by atoms with E-state index in [9.17, 15) is 4.79 Å². The van der Waals surface area contributed by atoms with Crippen molar-refractivity contribution in [2.75, 3.05) is 23.8 Å². The maximum absolute atomic E-state index is 11.9. The lowest BCUT2D eigenvalue weighted by Gasteiger charge is -2.17. The average Bonchev–Trinajstić information content (AvgIpc) is 2.93. The smallest absolute Gasteiger partial charge is 0.227 e. The van der Waals surface area contributed by atoms with Crippen LogP contribution in [0.25, 0.3) is 0 Å². The molecule has 1 aromatic rings. The van der Waals surface area contributed by atoms with Gasteiger partial charge in [-0.2, -0.15) is 12.6 Å². The predicted octanol–water partition coefficient (Wildman–Crippen LogP) is 1.90. The van der Waals surface area contributed by atoms with E-state index in [1.165, 1.54) is 5.56 Å². The molecule has 1 saturated heterocycles. The first kappa shape index (κ1) is 11.0. The molecule has 90 valence electrons. The SMILES string of the molecule is O=C1CC(CS)CN1c1ccc2c(c1)CCO2. The van der Waals surface area contributed by atoms with Gasteiger partial charge in [0.25, 0.3) is 0 Å². The van der Waals surface area contributed by atoms with E-state index in [2.05, 4.69) is 18.7 Å². The van der Waals surface area contributed by atoms with Crippen LogP contribution in [0.5, 0.6) is 5.75 Å². The van der Waals surface area contributed by atoms with Crippen LogP contribution in [-0.2, 0) is 11.2 Å². The summed E-state index contributed by atoms with van der Waals surface area (Å²) >= 11 is 4.28. The molecule has 0 aromatic heterocycles. The van der Waals surface area contributed by atoms with Crippen molar-refractivity contribution >= 4 is 24.2 Å². The maximum Gasteiger partial charge on any atom is 0.227 e. The van der Waals surface area contributed by atoms with E-state index >= 15 is 0 Å². The molecule has 0 aliphatic carbocycles. The number of thiol groups is 1. The fourth-order valence-electron chi connectivity index (χ4n) is 2.49. The Labute approximate surface area is 106 Å². The van der Waals surface area contributed by atoms with Crippen molar-refractivity contribution in [2.45, 2.75) is 12.8 Å². The first-order chi connectivity index (χ1) is 8.28. The lowest BCUT2D eigenvalue weighted by molar-refractivity contribution is -0.117. The van der Waals surface area contributed by atoms with Gasteiger partial charge in [-0.25, -0.2) is 0 Å². The van der Waals surface area contributed by atoms with Crippen LogP contribution in [0.4, 0.5) is 5.69 Å². The number of fused-ring (bicyclic) bond motifs is 1. The highest BCUT2D eigenvalue weighted by molar-refractivity contribution is 7.80. The molecule has 3 nitrogen and oxygen atoms in total. The normalized spacial score (nSPS) is 22.8. The van der Waals surface area contributed by atoms with Crippen molar-refractivity contribution in [1.82, 2.24) is 0 Å². The highest BCUT2D eigenvalue weighted by atomic mass is 32.1. The van der Waals surface area contributed by atoms with E-state index in [1.54, 1.807) is 0 Å². The molecule has 1 amide bonds. The third-order valence-electron chi connectivity index (χ3n) is 3.45. The molecular weight excluding hydrogens is 234 g/mol. The minimum absolute atomic E-state index is 0.211. The van der Waals surface area contributed by atoms with Gasteiger partial charge in [0.2, 0.25) is 5.91 Å². The van der Waals surface area contributed by atoms with Crippen molar-refractivity contribution in [1.29, 1.82) is 0 Å². The maximum atomic E-state index is 11.9. The van der Waals surface area contributed by atoms with Crippen LogP contribution in [0.3, 0.4) is 0 Å². The van der Waals surface area contributed by atoms with Crippen LogP contribution >= 0.6 is 12.6 Å². The summed E-state index contributed by atoms with van der Waals surface area (Å²) in [5, 5.41) is 0. The van der Waals surface area contributed by atoms with Gasteiger partial charge < -0.3 is 9.64 Å². The number of carbonyl (C=O) groups excluding carboxylic acids is 1. The van der Waals surface area contributed by atoms with Gasteiger partial charge in [-0.15, -0.1) is 0 Å². The Balaban J connectivity index is 1.87. The Morgan fingerprint density at radius 2 is 2.35 bits per heavy atom. The minimum atomic E-state index is 0.211. The van der Waals surface area contributed by atoms with E-state index in [4.69, 9.17) is 4.74 Å². The van der Waals surface area contributed by atoms with Crippen LogP contribution in [0.2, 0.25) is 0 Å². The second-order valence-electron chi connectivity index (χ2n) is 4.65. The van der Waals surface area contributed by atoms with Crippen LogP contribution in [-0.4, -0.2) is 24.8 Å². The van der Waals surface area contributed by atoms with E-state index < -0.39 is 0 Å². The summed E-state index contributed by atoms with van der Waals surface area (Å²) < 4.78 is 5.47. The summed E-state index contributed by atoms with van der Waals surface area (Å²) in [6.45, 7) is 1.55. The summed E-state index contributed by atoms with van der Waals surface area (Å²) in [6.07, 6.45) is 1.57. The summed E-state index contributed by atoms with van der Waals surface area (Å²) in [6, 6.07) is 6.03. The third-order valence-corrected chi connectivity index (χ3v) is 3.96. The van der Waals surface area contributed by atoms with Crippen LogP contribution in [0.1, 0.15) is 12.0 Å². The van der Waals surface area contributed by atoms with Crippen molar-refractivity contribution < 1.29 is 9.53 Å². The third kappa shape index (κ3) is 1.90. The van der Waals surface area contributed by atoms with Gasteiger partial charge in [0, 0.05) is 25.1 Å². The molecule has 4 heteroatoms. The zero-order valence-corrected chi connectivity index (χ0v) is 10.5. The number of benzene rings is 1. The predicted molar refractivity (Wildman–Crippen MR) is 70.0 cm³/mol. The fraction of sp³-hybridized carbons (Fsp3) is 0.462. The Morgan fingerprint density at radius 3 is 3.12 bits per heavy atom. The monoisotopic (exact) mass is 249 g/mol. The topological polar surface area (TPSA) is 29.5 Å². The molecular formula is C13H15NO2S. The Bertz CT molecular complexity index is 461. The summed E-state index contributed by atoms with van der Waals surface area (Å²) in [7, 11) is 0. The molecule has 1 atom stereocenters. The van der Waals surface area contributed by atoms with E-state index in [0.717, 1.165) is 36.8 Å². The summed E-state index contributed by atoms with van der Waals surface area (Å²) in [4.78, 5) is 13.8. The lowest BCUT2D eigenvalue weighted by Crippen LogP contribution is -2.24. The van der Waals surface area contributed by atoms with Crippen molar-refractivity contribution in [3.8, 4) is 5.75 Å². The molecule has 1 fully saturated rings. The molecule has 3 rings (SSSR count). The number of nitrogens with zero attached hydrogens (tertiary/aromatic N) is 1. The second-order valence-corrected chi connectivity index (χ2v) is 5.01. The summed E-state index contributed by atoms with van der Waals surface area (Å²) in [5.41, 5.74) is 2.22. The largest absolute Gasteiger partial charge is 0.493 e. The van der Waals surface area contributed by atoms with Crippen molar-refractivity contribution in [2.24, 2.45) is 5.92 Å². The van der Waals surface area contributed by atoms with Gasteiger partial charge in [0.15, 0.2) is 0 Å². The van der Waals surface area contributed by atoms with Gasteiger partial charge >= 0.3 is 0 Å². The number of ether oxygens (including phenoxy) is 1. The molecule has 1 unspecified atom stereocenters. The van der Waals surface area contributed by atoms with Crippen molar-refractivity contribution in [3.63, 3.8) is 0 Å². The first-order valence-corrected chi connectivity index (χ1v) is 6.58. The van der Waals surface area contributed by atoms with E-state index in [0.29, 0.717) is 12.3 Å². The zero-order valence-electron chi connectivity index (χ0n) is 9.56. The molecule has 2 heterocycles. The molecule has 0 radical (unpaired) electrons. The lowest BCUT2D eigenvalue weighted by atomic mass is 10.1. The molecule has 0 saturated carbocycles. The molecule has 0 N–H and O–H groups in total. The number of rotatable bonds is 2. The Kier molecular flexibility index (Phi) is 2.74. The molecule has 2 aliphatic heterocycles. The Hall–Kier alpha value is -1.16. The molecule has 0 spiro atoms. The fourth-order valence-corrected chi connectivity index (χ4v) is 2.74. The zero-order chi connectivity index (χ0) is 11.8. The highest BCUT2D eigenvalue weighted by Gasteiger charge is 2.30. The minimum Gasteiger partial charge on any atom is -0.493 e.